The maximum Gasteiger partial charge on any atom is 0.251 e. The molecule has 2 aromatic rings. The van der Waals surface area contributed by atoms with Gasteiger partial charge in [0.1, 0.15) is 17.5 Å². The van der Waals surface area contributed by atoms with E-state index in [0.29, 0.717) is 34.8 Å². The van der Waals surface area contributed by atoms with Gasteiger partial charge < -0.3 is 11.1 Å². The number of nitrogens with one attached hydrogen (secondary N) is 1. The normalized spacial score (nSPS) is 16.8. The van der Waals surface area contributed by atoms with Gasteiger partial charge in [0, 0.05) is 11.6 Å². The van der Waals surface area contributed by atoms with Gasteiger partial charge in [-0.2, -0.15) is 10.4 Å². The molecule has 24 heavy (non-hydrogen) atoms. The predicted octanol–water partition coefficient (Wildman–Crippen LogP) is 2.24. The van der Waals surface area contributed by atoms with Crippen molar-refractivity contribution in [2.75, 3.05) is 5.73 Å². The number of nitrogens with zero attached hydrogens (tertiary/aromatic N) is 3. The lowest BCUT2D eigenvalue weighted by atomic mass is 10.1. The summed E-state index contributed by atoms with van der Waals surface area (Å²) in [7, 11) is 0. The number of rotatable bonds is 5. The van der Waals surface area contributed by atoms with E-state index in [1.54, 1.807) is 24.3 Å². The monoisotopic (exact) mass is 321 g/mol. The summed E-state index contributed by atoms with van der Waals surface area (Å²) in [6.45, 7) is 0. The number of hydrogen-bond acceptors (Lipinski definition) is 4. The van der Waals surface area contributed by atoms with Gasteiger partial charge in [0.2, 0.25) is 0 Å². The van der Waals surface area contributed by atoms with Crippen LogP contribution in [0.15, 0.2) is 30.5 Å². The number of benzene rings is 1. The van der Waals surface area contributed by atoms with Crippen LogP contribution in [0.25, 0.3) is 5.69 Å². The van der Waals surface area contributed by atoms with Gasteiger partial charge >= 0.3 is 0 Å². The number of nitrogen functional groups attached to an aromatic ring is 1. The van der Waals surface area contributed by atoms with E-state index < -0.39 is 0 Å². The van der Waals surface area contributed by atoms with E-state index in [9.17, 15) is 4.79 Å². The smallest absolute Gasteiger partial charge is 0.251 e. The minimum absolute atomic E-state index is 0.0171. The fourth-order valence-corrected chi connectivity index (χ4v) is 3.17. The maximum absolute atomic E-state index is 12.5. The summed E-state index contributed by atoms with van der Waals surface area (Å²) >= 11 is 0. The third-order valence-electron chi connectivity index (χ3n) is 4.86. The van der Waals surface area contributed by atoms with Gasteiger partial charge in [0.15, 0.2) is 0 Å². The molecule has 0 saturated heterocycles. The van der Waals surface area contributed by atoms with Gasteiger partial charge in [-0.25, -0.2) is 4.68 Å². The zero-order valence-electron chi connectivity index (χ0n) is 13.3. The molecule has 1 aromatic heterocycles. The number of nitriles is 1. The first-order valence-corrected chi connectivity index (χ1v) is 8.32. The van der Waals surface area contributed by atoms with Crippen molar-refractivity contribution in [1.29, 1.82) is 5.26 Å². The van der Waals surface area contributed by atoms with Crippen LogP contribution in [-0.2, 0) is 0 Å². The van der Waals surface area contributed by atoms with Crippen LogP contribution in [-0.4, -0.2) is 21.7 Å². The molecule has 3 N–H and O–H groups in total. The summed E-state index contributed by atoms with van der Waals surface area (Å²) in [5, 5.41) is 16.3. The zero-order valence-corrected chi connectivity index (χ0v) is 13.3. The van der Waals surface area contributed by atoms with Gasteiger partial charge in [-0.05, 0) is 61.8 Å². The first kappa shape index (κ1) is 14.8. The molecule has 4 rings (SSSR count). The Morgan fingerprint density at radius 3 is 2.38 bits per heavy atom. The first-order chi connectivity index (χ1) is 11.7. The number of carbonyl (C=O) groups excluding carboxylic acids is 1. The van der Waals surface area contributed by atoms with Gasteiger partial charge in [0.05, 0.1) is 11.9 Å². The molecule has 1 heterocycles. The highest BCUT2D eigenvalue weighted by Gasteiger charge is 2.42. The van der Waals surface area contributed by atoms with Crippen LogP contribution < -0.4 is 11.1 Å². The molecule has 0 spiro atoms. The molecule has 6 heteroatoms. The van der Waals surface area contributed by atoms with Crippen LogP contribution in [0.1, 0.15) is 41.6 Å². The van der Waals surface area contributed by atoms with Gasteiger partial charge in [0.25, 0.3) is 5.91 Å². The van der Waals surface area contributed by atoms with Crippen molar-refractivity contribution in [2.24, 2.45) is 11.8 Å². The topological polar surface area (TPSA) is 96.7 Å². The van der Waals surface area contributed by atoms with E-state index in [1.165, 1.54) is 36.6 Å². The van der Waals surface area contributed by atoms with Crippen molar-refractivity contribution in [3.8, 4) is 11.8 Å². The highest BCUT2D eigenvalue weighted by molar-refractivity contribution is 5.94. The van der Waals surface area contributed by atoms with Crippen molar-refractivity contribution in [3.05, 3.63) is 41.6 Å². The lowest BCUT2D eigenvalue weighted by Crippen LogP contribution is -2.38. The summed E-state index contributed by atoms with van der Waals surface area (Å²) in [6.07, 6.45) is 6.38. The van der Waals surface area contributed by atoms with Gasteiger partial charge in [-0.15, -0.1) is 0 Å². The second kappa shape index (κ2) is 5.68. The van der Waals surface area contributed by atoms with E-state index in [1.807, 2.05) is 6.07 Å². The van der Waals surface area contributed by atoms with Crippen molar-refractivity contribution < 1.29 is 4.79 Å². The van der Waals surface area contributed by atoms with Crippen molar-refractivity contribution >= 4 is 11.7 Å². The summed E-state index contributed by atoms with van der Waals surface area (Å²) in [4.78, 5) is 12.5. The second-order valence-electron chi connectivity index (χ2n) is 6.69. The van der Waals surface area contributed by atoms with Crippen LogP contribution in [0.3, 0.4) is 0 Å². The molecule has 1 amide bonds. The molecule has 1 aromatic carbocycles. The Bertz CT molecular complexity index is 797. The second-order valence-corrected chi connectivity index (χ2v) is 6.69. The maximum atomic E-state index is 12.5. The lowest BCUT2D eigenvalue weighted by Gasteiger charge is -2.17. The average Bonchev–Trinajstić information content (AvgIpc) is 3.51. The number of anilines is 1. The SMILES string of the molecule is N#Cc1cnn(-c2ccc(C(=O)NC(C3CC3)C3CC3)cc2)c1N. The molecular formula is C18H19N5O. The summed E-state index contributed by atoms with van der Waals surface area (Å²) < 4.78 is 1.50. The van der Waals surface area contributed by atoms with Gasteiger partial charge in [-0.3, -0.25) is 4.79 Å². The molecule has 2 aliphatic carbocycles. The Hall–Kier alpha value is -2.81. The third kappa shape index (κ3) is 2.73. The van der Waals surface area contributed by atoms with E-state index in [-0.39, 0.29) is 5.91 Å². The fourth-order valence-electron chi connectivity index (χ4n) is 3.17. The lowest BCUT2D eigenvalue weighted by molar-refractivity contribution is 0.0926. The zero-order chi connectivity index (χ0) is 16.7. The number of hydrogen-bond donors (Lipinski definition) is 2. The summed E-state index contributed by atoms with van der Waals surface area (Å²) in [5.74, 6) is 1.64. The van der Waals surface area contributed by atoms with Gasteiger partial charge in [-0.1, -0.05) is 0 Å². The van der Waals surface area contributed by atoms with Crippen molar-refractivity contribution in [1.82, 2.24) is 15.1 Å². The average molecular weight is 321 g/mol. The molecule has 2 saturated carbocycles. The number of amides is 1. The Morgan fingerprint density at radius 1 is 1.25 bits per heavy atom. The molecule has 0 bridgehead atoms. The third-order valence-corrected chi connectivity index (χ3v) is 4.86. The molecule has 0 aliphatic heterocycles. The molecule has 122 valence electrons. The van der Waals surface area contributed by atoms with E-state index in [0.717, 1.165) is 5.69 Å². The summed E-state index contributed by atoms with van der Waals surface area (Å²) in [5.41, 5.74) is 7.59. The number of nitrogens with two attached hydrogens (primary N) is 1. The summed E-state index contributed by atoms with van der Waals surface area (Å²) in [6, 6.07) is 9.48. The molecule has 6 nitrogen and oxygen atoms in total. The molecule has 0 radical (unpaired) electrons. The van der Waals surface area contributed by atoms with Crippen LogP contribution >= 0.6 is 0 Å². The predicted molar refractivity (Wildman–Crippen MR) is 89.4 cm³/mol. The van der Waals surface area contributed by atoms with Crippen LogP contribution in [0.4, 0.5) is 5.82 Å². The number of aromatic nitrogens is 2. The first-order valence-electron chi connectivity index (χ1n) is 8.32. The van der Waals surface area contributed by atoms with Crippen LogP contribution in [0, 0.1) is 23.2 Å². The molecule has 2 aliphatic rings. The van der Waals surface area contributed by atoms with E-state index in [4.69, 9.17) is 11.0 Å². The van der Waals surface area contributed by atoms with Crippen LogP contribution in [0.2, 0.25) is 0 Å². The highest BCUT2D eigenvalue weighted by atomic mass is 16.1. The van der Waals surface area contributed by atoms with Crippen LogP contribution in [0.5, 0.6) is 0 Å². The largest absolute Gasteiger partial charge is 0.382 e. The Morgan fingerprint density at radius 2 is 1.88 bits per heavy atom. The molecule has 2 fully saturated rings. The van der Waals surface area contributed by atoms with E-state index >= 15 is 0 Å². The van der Waals surface area contributed by atoms with E-state index in [2.05, 4.69) is 10.4 Å². The Balaban J connectivity index is 1.49. The molecule has 0 atom stereocenters. The quantitative estimate of drug-likeness (QED) is 0.882. The standard InChI is InChI=1S/C18H19N5O/c19-9-14-10-21-23(17(14)20)15-7-5-13(6-8-15)18(24)22-16(11-1-2-11)12-3-4-12/h5-8,10-12,16H,1-4,20H2,(H,22,24). The van der Waals surface area contributed by atoms with Crippen molar-refractivity contribution in [2.45, 2.75) is 31.7 Å². The highest BCUT2D eigenvalue weighted by Crippen LogP contribution is 2.44. The van der Waals surface area contributed by atoms with Crippen molar-refractivity contribution in [3.63, 3.8) is 0 Å². The Labute approximate surface area is 140 Å². The Kier molecular flexibility index (Phi) is 3.49. The minimum atomic E-state index is -0.0171. The number of carbonyl (C=O) groups is 1. The fraction of sp³-hybridized carbons (Fsp3) is 0.389. The molecular weight excluding hydrogens is 302 g/mol. The minimum Gasteiger partial charge on any atom is -0.382 e. The molecule has 0 unspecified atom stereocenters.